The summed E-state index contributed by atoms with van der Waals surface area (Å²) in [4.78, 5) is 9.54. The number of nitrogens with two attached hydrogens (primary N) is 1. The van der Waals surface area contributed by atoms with Crippen molar-refractivity contribution in [2.24, 2.45) is 5.73 Å². The van der Waals surface area contributed by atoms with Crippen LogP contribution >= 0.6 is 11.5 Å². The summed E-state index contributed by atoms with van der Waals surface area (Å²) in [5.41, 5.74) is 5.90. The Morgan fingerprint density at radius 3 is 2.45 bits per heavy atom. The summed E-state index contributed by atoms with van der Waals surface area (Å²) in [6.45, 7) is 11.5. The lowest BCUT2D eigenvalue weighted by Gasteiger charge is -2.38. The Morgan fingerprint density at radius 1 is 1.25 bits per heavy atom. The molecule has 20 heavy (non-hydrogen) atoms. The molecule has 1 unspecified atom stereocenters. The number of piperazine rings is 1. The molecule has 1 aliphatic rings. The maximum atomic E-state index is 5.90. The van der Waals surface area contributed by atoms with E-state index in [0.29, 0.717) is 12.0 Å². The maximum Gasteiger partial charge on any atom is 0.205 e. The number of anilines is 1. The van der Waals surface area contributed by atoms with E-state index in [-0.39, 0.29) is 0 Å². The molecule has 1 atom stereocenters. The van der Waals surface area contributed by atoms with Gasteiger partial charge in [0.15, 0.2) is 0 Å². The summed E-state index contributed by atoms with van der Waals surface area (Å²) in [6, 6.07) is 0.544. The zero-order chi connectivity index (χ0) is 14.5. The van der Waals surface area contributed by atoms with Crippen molar-refractivity contribution < 1.29 is 0 Å². The van der Waals surface area contributed by atoms with Crippen molar-refractivity contribution >= 4 is 16.7 Å². The Morgan fingerprint density at radius 2 is 1.95 bits per heavy atom. The van der Waals surface area contributed by atoms with Crippen LogP contribution in [0.4, 0.5) is 5.13 Å². The first-order valence-electron chi connectivity index (χ1n) is 7.68. The Bertz CT molecular complexity index is 398. The van der Waals surface area contributed by atoms with Crippen molar-refractivity contribution in [3.8, 4) is 0 Å². The van der Waals surface area contributed by atoms with Gasteiger partial charge in [-0.2, -0.15) is 4.37 Å². The highest BCUT2D eigenvalue weighted by molar-refractivity contribution is 7.09. The van der Waals surface area contributed by atoms with Crippen molar-refractivity contribution in [1.82, 2.24) is 14.3 Å². The van der Waals surface area contributed by atoms with Gasteiger partial charge in [0.1, 0.15) is 5.82 Å². The van der Waals surface area contributed by atoms with E-state index in [4.69, 9.17) is 5.73 Å². The molecule has 2 N–H and O–H groups in total. The van der Waals surface area contributed by atoms with Crippen LogP contribution in [-0.4, -0.2) is 53.0 Å². The van der Waals surface area contributed by atoms with Gasteiger partial charge in [0.25, 0.3) is 0 Å². The Kier molecular flexibility index (Phi) is 5.74. The van der Waals surface area contributed by atoms with Gasteiger partial charge in [0.05, 0.1) is 0 Å². The highest BCUT2D eigenvalue weighted by atomic mass is 32.1. The average Bonchev–Trinajstić information content (AvgIpc) is 2.95. The summed E-state index contributed by atoms with van der Waals surface area (Å²) >= 11 is 1.53. The monoisotopic (exact) mass is 297 g/mol. The van der Waals surface area contributed by atoms with Crippen LogP contribution < -0.4 is 10.6 Å². The number of rotatable bonds is 6. The number of aromatic nitrogens is 2. The van der Waals surface area contributed by atoms with E-state index >= 15 is 0 Å². The summed E-state index contributed by atoms with van der Waals surface area (Å²) in [5.74, 6) is 1.38. The smallest absolute Gasteiger partial charge is 0.205 e. The maximum absolute atomic E-state index is 5.90. The molecule has 1 aromatic rings. The molecule has 0 radical (unpaired) electrons. The van der Waals surface area contributed by atoms with Crippen molar-refractivity contribution in [1.29, 1.82) is 0 Å². The zero-order valence-electron chi connectivity index (χ0n) is 12.9. The zero-order valence-corrected chi connectivity index (χ0v) is 13.7. The van der Waals surface area contributed by atoms with Crippen LogP contribution in [0.25, 0.3) is 0 Å². The fourth-order valence-corrected chi connectivity index (χ4v) is 3.51. The Hall–Kier alpha value is -0.720. The summed E-state index contributed by atoms with van der Waals surface area (Å²) < 4.78 is 4.45. The highest BCUT2D eigenvalue weighted by Gasteiger charge is 2.24. The van der Waals surface area contributed by atoms with E-state index in [1.165, 1.54) is 24.4 Å². The molecule has 0 bridgehead atoms. The largest absolute Gasteiger partial charge is 0.344 e. The first-order valence-corrected chi connectivity index (χ1v) is 8.45. The van der Waals surface area contributed by atoms with E-state index in [9.17, 15) is 0 Å². The van der Waals surface area contributed by atoms with Crippen LogP contribution in [0.2, 0.25) is 0 Å². The van der Waals surface area contributed by atoms with Gasteiger partial charge in [-0.15, -0.1) is 0 Å². The van der Waals surface area contributed by atoms with E-state index < -0.39 is 0 Å². The lowest BCUT2D eigenvalue weighted by atomic mass is 10.1. The molecular weight excluding hydrogens is 270 g/mol. The third-order valence-corrected chi connectivity index (χ3v) is 4.73. The van der Waals surface area contributed by atoms with Gasteiger partial charge in [-0.3, -0.25) is 4.90 Å². The molecule has 1 aliphatic heterocycles. The number of hydrogen-bond acceptors (Lipinski definition) is 6. The SMILES string of the molecule is CCCC(CN)N1CCN(c2nc(C(C)C)ns2)CC1. The molecular formula is C14H27N5S. The molecule has 0 aromatic carbocycles. The molecule has 5 nitrogen and oxygen atoms in total. The molecule has 6 heteroatoms. The molecule has 1 aromatic heterocycles. The average molecular weight is 297 g/mol. The fraction of sp³-hybridized carbons (Fsp3) is 0.857. The van der Waals surface area contributed by atoms with Crippen LogP contribution in [0.3, 0.4) is 0 Å². The molecule has 1 saturated heterocycles. The lowest BCUT2D eigenvalue weighted by Crippen LogP contribution is -2.52. The van der Waals surface area contributed by atoms with Gasteiger partial charge in [-0.25, -0.2) is 4.98 Å². The molecule has 2 heterocycles. The normalized spacial score (nSPS) is 18.8. The first kappa shape index (κ1) is 15.7. The number of hydrogen-bond donors (Lipinski definition) is 1. The van der Waals surface area contributed by atoms with Crippen LogP contribution in [0.1, 0.15) is 45.4 Å². The quantitative estimate of drug-likeness (QED) is 0.869. The van der Waals surface area contributed by atoms with E-state index in [0.717, 1.165) is 43.7 Å². The van der Waals surface area contributed by atoms with Crippen LogP contribution in [0, 0.1) is 0 Å². The third-order valence-electron chi connectivity index (χ3n) is 3.94. The Labute approximate surface area is 126 Å². The Balaban J connectivity index is 1.90. The molecule has 1 fully saturated rings. The summed E-state index contributed by atoms with van der Waals surface area (Å²) in [6.07, 6.45) is 2.41. The van der Waals surface area contributed by atoms with E-state index in [1.807, 2.05) is 0 Å². The van der Waals surface area contributed by atoms with Crippen LogP contribution in [-0.2, 0) is 0 Å². The van der Waals surface area contributed by atoms with Crippen LogP contribution in [0.5, 0.6) is 0 Å². The van der Waals surface area contributed by atoms with Gasteiger partial charge in [-0.05, 0) is 6.42 Å². The van der Waals surface area contributed by atoms with E-state index in [2.05, 4.69) is 39.9 Å². The van der Waals surface area contributed by atoms with Gasteiger partial charge in [-0.1, -0.05) is 27.2 Å². The molecule has 114 valence electrons. The molecule has 0 spiro atoms. The molecule has 0 saturated carbocycles. The minimum absolute atomic E-state index is 0.410. The molecule has 0 aliphatic carbocycles. The fourth-order valence-electron chi connectivity index (χ4n) is 2.65. The second-order valence-electron chi connectivity index (χ2n) is 5.79. The first-order chi connectivity index (χ1) is 9.65. The van der Waals surface area contributed by atoms with Crippen molar-refractivity contribution in [2.45, 2.75) is 45.6 Å². The van der Waals surface area contributed by atoms with Crippen molar-refractivity contribution in [3.05, 3.63) is 5.82 Å². The standard InChI is InChI=1S/C14H27N5S/c1-4-5-12(10-15)18-6-8-19(9-7-18)14-16-13(11(2)3)17-20-14/h11-12H,4-10,15H2,1-3H3. The topological polar surface area (TPSA) is 58.3 Å². The second-order valence-corrected chi connectivity index (χ2v) is 6.52. The predicted octanol–water partition coefficient (Wildman–Crippen LogP) is 1.91. The number of nitrogens with zero attached hydrogens (tertiary/aromatic N) is 4. The van der Waals surface area contributed by atoms with Gasteiger partial charge in [0, 0.05) is 56.2 Å². The van der Waals surface area contributed by atoms with E-state index in [1.54, 1.807) is 0 Å². The summed E-state index contributed by atoms with van der Waals surface area (Å²) in [7, 11) is 0. The molecule has 2 rings (SSSR count). The van der Waals surface area contributed by atoms with Crippen molar-refractivity contribution in [2.75, 3.05) is 37.6 Å². The third kappa shape index (κ3) is 3.68. The van der Waals surface area contributed by atoms with Gasteiger partial charge in [0.2, 0.25) is 5.13 Å². The lowest BCUT2D eigenvalue weighted by molar-refractivity contribution is 0.179. The minimum atomic E-state index is 0.410. The minimum Gasteiger partial charge on any atom is -0.344 e. The predicted molar refractivity (Wildman–Crippen MR) is 85.5 cm³/mol. The molecule has 0 amide bonds. The summed E-state index contributed by atoms with van der Waals surface area (Å²) in [5, 5.41) is 1.08. The van der Waals surface area contributed by atoms with Crippen LogP contribution in [0.15, 0.2) is 0 Å². The van der Waals surface area contributed by atoms with Gasteiger partial charge < -0.3 is 10.6 Å². The van der Waals surface area contributed by atoms with Gasteiger partial charge >= 0.3 is 0 Å². The van der Waals surface area contributed by atoms with Crippen molar-refractivity contribution in [3.63, 3.8) is 0 Å². The highest BCUT2D eigenvalue weighted by Crippen LogP contribution is 2.23. The second kappa shape index (κ2) is 7.33.